The molecule has 2 rings (SSSR count). The molecule has 0 unspecified atom stereocenters. The van der Waals surface area contributed by atoms with Gasteiger partial charge < -0.3 is 10.4 Å². The van der Waals surface area contributed by atoms with Gasteiger partial charge in [0.1, 0.15) is 0 Å². The maximum absolute atomic E-state index is 12.0. The summed E-state index contributed by atoms with van der Waals surface area (Å²) < 4.78 is 0.894. The number of rotatable bonds is 5. The maximum atomic E-state index is 12.0. The van der Waals surface area contributed by atoms with Crippen LogP contribution in [0.5, 0.6) is 0 Å². The van der Waals surface area contributed by atoms with E-state index in [0.717, 1.165) is 29.3 Å². The van der Waals surface area contributed by atoms with Gasteiger partial charge in [-0.15, -0.1) is 0 Å². The second-order valence-electron chi connectivity index (χ2n) is 5.02. The van der Waals surface area contributed by atoms with Crippen molar-refractivity contribution in [3.8, 4) is 0 Å². The van der Waals surface area contributed by atoms with Crippen LogP contribution in [0.1, 0.15) is 31.2 Å². The van der Waals surface area contributed by atoms with Gasteiger partial charge >= 0.3 is 5.97 Å². The van der Waals surface area contributed by atoms with Crippen molar-refractivity contribution in [2.75, 3.05) is 0 Å². The SMILES string of the molecule is O=C(O)CC1(NC(=O)Cc2ccccc2Br)CCC1. The lowest BCUT2D eigenvalue weighted by molar-refractivity contribution is -0.140. The molecule has 2 N–H and O–H groups in total. The highest BCUT2D eigenvalue weighted by Crippen LogP contribution is 2.35. The first-order chi connectivity index (χ1) is 9.01. The standard InChI is InChI=1S/C14H16BrNO3/c15-11-5-2-1-4-10(11)8-12(17)16-14(6-3-7-14)9-13(18)19/h1-2,4-5H,3,6-9H2,(H,16,17)(H,18,19). The summed E-state index contributed by atoms with van der Waals surface area (Å²) in [5.74, 6) is -0.978. The van der Waals surface area contributed by atoms with Crippen LogP contribution in [-0.2, 0) is 16.0 Å². The molecule has 1 amide bonds. The van der Waals surface area contributed by atoms with Crippen LogP contribution < -0.4 is 5.32 Å². The Morgan fingerprint density at radius 1 is 1.32 bits per heavy atom. The lowest BCUT2D eigenvalue weighted by Gasteiger charge is -2.41. The number of nitrogens with one attached hydrogen (secondary N) is 1. The van der Waals surface area contributed by atoms with E-state index < -0.39 is 11.5 Å². The predicted octanol–water partition coefficient (Wildman–Crippen LogP) is 2.51. The largest absolute Gasteiger partial charge is 0.481 e. The highest BCUT2D eigenvalue weighted by molar-refractivity contribution is 9.10. The normalized spacial score (nSPS) is 16.5. The van der Waals surface area contributed by atoms with Crippen molar-refractivity contribution in [3.63, 3.8) is 0 Å². The quantitative estimate of drug-likeness (QED) is 0.874. The van der Waals surface area contributed by atoms with Crippen LogP contribution in [0.4, 0.5) is 0 Å². The highest BCUT2D eigenvalue weighted by atomic mass is 79.9. The maximum Gasteiger partial charge on any atom is 0.305 e. The van der Waals surface area contributed by atoms with E-state index in [-0.39, 0.29) is 18.7 Å². The Bertz CT molecular complexity index is 497. The van der Waals surface area contributed by atoms with E-state index in [2.05, 4.69) is 21.2 Å². The summed E-state index contributed by atoms with van der Waals surface area (Å²) in [5, 5.41) is 11.8. The zero-order valence-electron chi connectivity index (χ0n) is 10.5. The molecule has 0 radical (unpaired) electrons. The molecule has 0 bridgehead atoms. The number of carboxylic acids is 1. The number of amides is 1. The summed E-state index contributed by atoms with van der Waals surface area (Å²) in [7, 11) is 0. The van der Waals surface area contributed by atoms with Gasteiger partial charge in [0.05, 0.1) is 18.4 Å². The Kier molecular flexibility index (Phi) is 4.24. The molecule has 4 nitrogen and oxygen atoms in total. The third kappa shape index (κ3) is 3.56. The molecule has 19 heavy (non-hydrogen) atoms. The van der Waals surface area contributed by atoms with Gasteiger partial charge in [-0.25, -0.2) is 0 Å². The van der Waals surface area contributed by atoms with Gasteiger partial charge in [-0.05, 0) is 30.9 Å². The zero-order chi connectivity index (χ0) is 13.9. The van der Waals surface area contributed by atoms with E-state index in [0.29, 0.717) is 0 Å². The molecule has 1 aromatic carbocycles. The minimum absolute atomic E-state index is 0.00863. The second kappa shape index (κ2) is 5.74. The van der Waals surface area contributed by atoms with Gasteiger partial charge in [-0.2, -0.15) is 0 Å². The first-order valence-electron chi connectivity index (χ1n) is 6.27. The van der Waals surface area contributed by atoms with Crippen molar-refractivity contribution in [2.45, 2.75) is 37.6 Å². The molecular weight excluding hydrogens is 310 g/mol. The van der Waals surface area contributed by atoms with Gasteiger partial charge in [0.25, 0.3) is 0 Å². The van der Waals surface area contributed by atoms with E-state index in [1.165, 1.54) is 0 Å². The third-order valence-electron chi connectivity index (χ3n) is 3.51. The topological polar surface area (TPSA) is 66.4 Å². The van der Waals surface area contributed by atoms with E-state index in [9.17, 15) is 9.59 Å². The summed E-state index contributed by atoms with van der Waals surface area (Å²) >= 11 is 3.40. The lowest BCUT2D eigenvalue weighted by Crippen LogP contribution is -2.55. The van der Waals surface area contributed by atoms with Gasteiger partial charge in [-0.1, -0.05) is 34.1 Å². The number of hydrogen-bond acceptors (Lipinski definition) is 2. The molecule has 1 aromatic rings. The van der Waals surface area contributed by atoms with Crippen LogP contribution in [0, 0.1) is 0 Å². The number of hydrogen-bond donors (Lipinski definition) is 2. The summed E-state index contributed by atoms with van der Waals surface area (Å²) in [6, 6.07) is 7.54. The molecule has 1 aliphatic rings. The Labute approximate surface area is 120 Å². The molecule has 0 aliphatic heterocycles. The molecule has 0 saturated heterocycles. The van der Waals surface area contributed by atoms with Crippen molar-refractivity contribution in [1.82, 2.24) is 5.32 Å². The van der Waals surface area contributed by atoms with Crippen LogP contribution in [0.15, 0.2) is 28.7 Å². The van der Waals surface area contributed by atoms with Gasteiger partial charge in [0, 0.05) is 4.47 Å². The Morgan fingerprint density at radius 3 is 2.53 bits per heavy atom. The molecule has 102 valence electrons. The van der Waals surface area contributed by atoms with Crippen LogP contribution in [-0.4, -0.2) is 22.5 Å². The first kappa shape index (κ1) is 14.1. The Hall–Kier alpha value is -1.36. The highest BCUT2D eigenvalue weighted by Gasteiger charge is 2.40. The number of carbonyl (C=O) groups excluding carboxylic acids is 1. The van der Waals surface area contributed by atoms with Crippen molar-refractivity contribution < 1.29 is 14.7 Å². The van der Waals surface area contributed by atoms with Gasteiger partial charge in [0.2, 0.25) is 5.91 Å². The van der Waals surface area contributed by atoms with Crippen molar-refractivity contribution in [2.24, 2.45) is 0 Å². The molecule has 0 spiro atoms. The van der Waals surface area contributed by atoms with Crippen molar-refractivity contribution >= 4 is 27.8 Å². The Morgan fingerprint density at radius 2 is 2.00 bits per heavy atom. The zero-order valence-corrected chi connectivity index (χ0v) is 12.1. The molecule has 1 fully saturated rings. The lowest BCUT2D eigenvalue weighted by atomic mass is 9.74. The monoisotopic (exact) mass is 325 g/mol. The summed E-state index contributed by atoms with van der Waals surface area (Å²) in [6.07, 6.45) is 2.75. The first-order valence-corrected chi connectivity index (χ1v) is 7.06. The average molecular weight is 326 g/mol. The molecular formula is C14H16BrNO3. The summed E-state index contributed by atoms with van der Waals surface area (Å²) in [6.45, 7) is 0. The molecule has 0 atom stereocenters. The fourth-order valence-electron chi connectivity index (χ4n) is 2.39. The van der Waals surface area contributed by atoms with E-state index in [1.54, 1.807) is 0 Å². The number of benzene rings is 1. The summed E-state index contributed by atoms with van der Waals surface area (Å²) in [4.78, 5) is 22.9. The van der Waals surface area contributed by atoms with Gasteiger partial charge in [-0.3, -0.25) is 9.59 Å². The average Bonchev–Trinajstić information content (AvgIpc) is 2.28. The number of aliphatic carboxylic acids is 1. The van der Waals surface area contributed by atoms with Crippen LogP contribution in [0.3, 0.4) is 0 Å². The van der Waals surface area contributed by atoms with E-state index in [1.807, 2.05) is 24.3 Å². The van der Waals surface area contributed by atoms with Crippen molar-refractivity contribution in [1.29, 1.82) is 0 Å². The summed E-state index contributed by atoms with van der Waals surface area (Å²) in [5.41, 5.74) is 0.384. The fraction of sp³-hybridized carbons (Fsp3) is 0.429. The van der Waals surface area contributed by atoms with Crippen LogP contribution >= 0.6 is 15.9 Å². The van der Waals surface area contributed by atoms with Crippen LogP contribution in [0.25, 0.3) is 0 Å². The second-order valence-corrected chi connectivity index (χ2v) is 5.88. The Balaban J connectivity index is 1.97. The van der Waals surface area contributed by atoms with E-state index >= 15 is 0 Å². The molecule has 5 heteroatoms. The van der Waals surface area contributed by atoms with E-state index in [4.69, 9.17) is 5.11 Å². The number of carboxylic acid groups (broad SMARTS) is 1. The minimum Gasteiger partial charge on any atom is -0.481 e. The van der Waals surface area contributed by atoms with Gasteiger partial charge in [0.15, 0.2) is 0 Å². The smallest absolute Gasteiger partial charge is 0.305 e. The molecule has 0 aromatic heterocycles. The fourth-order valence-corrected chi connectivity index (χ4v) is 2.82. The molecule has 0 heterocycles. The molecule has 1 saturated carbocycles. The third-order valence-corrected chi connectivity index (χ3v) is 4.29. The van der Waals surface area contributed by atoms with Crippen molar-refractivity contribution in [3.05, 3.63) is 34.3 Å². The van der Waals surface area contributed by atoms with Crippen LogP contribution in [0.2, 0.25) is 0 Å². The molecule has 1 aliphatic carbocycles. The predicted molar refractivity (Wildman–Crippen MR) is 74.8 cm³/mol. The number of carbonyl (C=O) groups is 2. The minimum atomic E-state index is -0.860. The number of halogens is 1.